The van der Waals surface area contributed by atoms with Crippen LogP contribution in [0.2, 0.25) is 10.0 Å². The Bertz CT molecular complexity index is 1080. The number of ether oxygens (including phenoxy) is 1. The standard InChI is InChI=1S/C23H27Cl2N2O.CH4O3S/c1-2-3-15-28-23(21-10-9-20(24)16-22(21)25)17-27-14-13-26(18-27)12-11-19-7-5-4-6-8-19;1-5(2,3)4/h4-10,13-14,16,18,23H,2-3,11-12,15,17H2,1H3;1H3,(H,2,3,4)/q+1;/p-1. The molecule has 2 aromatic carbocycles. The molecule has 0 aliphatic rings. The molecule has 1 unspecified atom stereocenters. The molecule has 0 aliphatic heterocycles. The van der Waals surface area contributed by atoms with E-state index in [4.69, 9.17) is 40.9 Å². The van der Waals surface area contributed by atoms with Crippen LogP contribution in [0.1, 0.15) is 37.0 Å². The highest BCUT2D eigenvalue weighted by atomic mass is 35.5. The lowest BCUT2D eigenvalue weighted by molar-refractivity contribution is -0.704. The van der Waals surface area contributed by atoms with Gasteiger partial charge in [-0.15, -0.1) is 0 Å². The Kier molecular flexibility index (Phi) is 11.4. The SMILES string of the molecule is CCCCOC(C[n+]1ccn(CCc2ccccc2)c1)c1ccc(Cl)cc1Cl.CS(=O)(=O)[O-]. The molecule has 9 heteroatoms. The van der Waals surface area contributed by atoms with Crippen molar-refractivity contribution in [3.63, 3.8) is 0 Å². The zero-order chi connectivity index (χ0) is 24.3. The molecule has 6 nitrogen and oxygen atoms in total. The molecule has 0 fully saturated rings. The summed E-state index contributed by atoms with van der Waals surface area (Å²) in [6.07, 6.45) is 9.96. The molecule has 1 heterocycles. The number of aromatic nitrogens is 2. The van der Waals surface area contributed by atoms with Crippen LogP contribution in [0.5, 0.6) is 0 Å². The smallest absolute Gasteiger partial charge is 0.243 e. The van der Waals surface area contributed by atoms with Crippen LogP contribution in [0.15, 0.2) is 67.3 Å². The number of hydrogen-bond acceptors (Lipinski definition) is 4. The molecule has 0 spiro atoms. The second-order valence-corrected chi connectivity index (χ2v) is 9.92. The van der Waals surface area contributed by atoms with Crippen LogP contribution in [-0.2, 0) is 34.4 Å². The van der Waals surface area contributed by atoms with Crippen molar-refractivity contribution in [2.45, 2.75) is 45.4 Å². The average molecular weight is 513 g/mol. The number of unbranched alkanes of at least 4 members (excludes halogenated alkanes) is 1. The van der Waals surface area contributed by atoms with Gasteiger partial charge in [0, 0.05) is 34.9 Å². The van der Waals surface area contributed by atoms with Crippen molar-refractivity contribution in [3.05, 3.63) is 88.4 Å². The Morgan fingerprint density at radius 2 is 1.85 bits per heavy atom. The molecule has 0 saturated carbocycles. The van der Waals surface area contributed by atoms with Crippen LogP contribution in [0, 0.1) is 0 Å². The van der Waals surface area contributed by atoms with Crippen molar-refractivity contribution in [3.8, 4) is 0 Å². The molecule has 33 heavy (non-hydrogen) atoms. The first kappa shape index (κ1) is 27.3. The lowest BCUT2D eigenvalue weighted by atomic mass is 10.1. The molecule has 0 amide bonds. The third-order valence-electron chi connectivity index (χ3n) is 4.75. The first-order valence-electron chi connectivity index (χ1n) is 10.7. The molecule has 0 saturated heterocycles. The largest absolute Gasteiger partial charge is 0.748 e. The number of nitrogens with zero attached hydrogens (tertiary/aromatic N) is 2. The summed E-state index contributed by atoms with van der Waals surface area (Å²) in [6, 6.07) is 16.2. The van der Waals surface area contributed by atoms with Gasteiger partial charge in [0.15, 0.2) is 0 Å². The summed E-state index contributed by atoms with van der Waals surface area (Å²) in [5.41, 5.74) is 2.32. The summed E-state index contributed by atoms with van der Waals surface area (Å²) in [5, 5.41) is 1.29. The predicted octanol–water partition coefficient (Wildman–Crippen LogP) is 5.04. The molecule has 3 aromatic rings. The van der Waals surface area contributed by atoms with E-state index in [0.29, 0.717) is 22.8 Å². The van der Waals surface area contributed by atoms with Gasteiger partial charge in [-0.05, 0) is 24.1 Å². The summed E-state index contributed by atoms with van der Waals surface area (Å²) in [4.78, 5) is 0. The van der Waals surface area contributed by atoms with Crippen molar-refractivity contribution in [1.82, 2.24) is 4.57 Å². The van der Waals surface area contributed by atoms with Crippen molar-refractivity contribution >= 4 is 33.3 Å². The van der Waals surface area contributed by atoms with Crippen LogP contribution in [0.3, 0.4) is 0 Å². The van der Waals surface area contributed by atoms with E-state index in [-0.39, 0.29) is 6.10 Å². The molecule has 0 bridgehead atoms. The predicted molar refractivity (Wildman–Crippen MR) is 130 cm³/mol. The number of imidazole rings is 1. The Morgan fingerprint density at radius 1 is 1.15 bits per heavy atom. The van der Waals surface area contributed by atoms with Crippen molar-refractivity contribution in [1.29, 1.82) is 0 Å². The summed E-state index contributed by atoms with van der Waals surface area (Å²) in [6.45, 7) is 4.54. The number of aryl methyl sites for hydroxylation is 2. The summed E-state index contributed by atoms with van der Waals surface area (Å²) in [5.74, 6) is 0. The first-order valence-corrected chi connectivity index (χ1v) is 13.3. The minimum absolute atomic E-state index is 0.105. The molecule has 0 N–H and O–H groups in total. The van der Waals surface area contributed by atoms with E-state index >= 15 is 0 Å². The maximum absolute atomic E-state index is 9.08. The molecular weight excluding hydrogens is 483 g/mol. The summed E-state index contributed by atoms with van der Waals surface area (Å²) >= 11 is 12.5. The number of halogens is 2. The van der Waals surface area contributed by atoms with E-state index in [2.05, 4.69) is 59.0 Å². The molecule has 180 valence electrons. The zero-order valence-electron chi connectivity index (χ0n) is 18.9. The van der Waals surface area contributed by atoms with Gasteiger partial charge in [-0.1, -0.05) is 72.9 Å². The van der Waals surface area contributed by atoms with Gasteiger partial charge in [0.25, 0.3) is 0 Å². The molecule has 0 radical (unpaired) electrons. The fourth-order valence-electron chi connectivity index (χ4n) is 3.15. The Hall–Kier alpha value is -1.90. The van der Waals surface area contributed by atoms with E-state index in [1.54, 1.807) is 6.07 Å². The Morgan fingerprint density at radius 3 is 2.48 bits per heavy atom. The average Bonchev–Trinajstić information content (AvgIpc) is 3.19. The lowest BCUT2D eigenvalue weighted by Gasteiger charge is -2.18. The second kappa shape index (κ2) is 13.7. The van der Waals surface area contributed by atoms with E-state index in [1.807, 2.05) is 18.2 Å². The van der Waals surface area contributed by atoms with E-state index < -0.39 is 10.1 Å². The maximum atomic E-state index is 9.08. The third-order valence-corrected chi connectivity index (χ3v) is 5.31. The summed E-state index contributed by atoms with van der Waals surface area (Å²) < 4.78 is 37.8. The highest BCUT2D eigenvalue weighted by Gasteiger charge is 2.19. The Balaban J connectivity index is 0.000000696. The van der Waals surface area contributed by atoms with Gasteiger partial charge in [0.2, 0.25) is 6.33 Å². The lowest BCUT2D eigenvalue weighted by Crippen LogP contribution is -2.35. The van der Waals surface area contributed by atoms with Crippen molar-refractivity contribution in [2.24, 2.45) is 0 Å². The minimum Gasteiger partial charge on any atom is -0.748 e. The van der Waals surface area contributed by atoms with Gasteiger partial charge in [-0.2, -0.15) is 0 Å². The van der Waals surface area contributed by atoms with Gasteiger partial charge in [-0.25, -0.2) is 17.6 Å². The first-order chi connectivity index (χ1) is 15.7. The van der Waals surface area contributed by atoms with Crippen LogP contribution in [0.25, 0.3) is 0 Å². The number of benzene rings is 2. The maximum Gasteiger partial charge on any atom is 0.243 e. The molecular formula is C24H30Cl2N2O4S. The zero-order valence-corrected chi connectivity index (χ0v) is 21.2. The number of hydrogen-bond donors (Lipinski definition) is 0. The Labute approximate surface area is 206 Å². The van der Waals surface area contributed by atoms with Crippen LogP contribution < -0.4 is 4.57 Å². The van der Waals surface area contributed by atoms with Crippen LogP contribution in [0.4, 0.5) is 0 Å². The molecule has 1 aromatic heterocycles. The molecule has 1 atom stereocenters. The second-order valence-electron chi connectivity index (χ2n) is 7.67. The van der Waals surface area contributed by atoms with Gasteiger partial charge in [0.05, 0.1) is 16.7 Å². The van der Waals surface area contributed by atoms with Gasteiger partial charge in [-0.3, -0.25) is 0 Å². The van der Waals surface area contributed by atoms with Crippen LogP contribution in [-0.4, -0.2) is 30.4 Å². The molecule has 3 rings (SSSR count). The fraction of sp³-hybridized carbons (Fsp3) is 0.375. The summed E-state index contributed by atoms with van der Waals surface area (Å²) in [7, 11) is -3.92. The van der Waals surface area contributed by atoms with E-state index in [1.165, 1.54) is 5.56 Å². The quantitative estimate of drug-likeness (QED) is 0.216. The topological polar surface area (TPSA) is 75.2 Å². The molecule has 0 aliphatic carbocycles. The minimum atomic E-state index is -3.92. The highest BCUT2D eigenvalue weighted by molar-refractivity contribution is 7.84. The highest BCUT2D eigenvalue weighted by Crippen LogP contribution is 2.29. The van der Waals surface area contributed by atoms with Gasteiger partial charge < -0.3 is 9.29 Å². The van der Waals surface area contributed by atoms with Crippen LogP contribution >= 0.6 is 23.2 Å². The van der Waals surface area contributed by atoms with Crippen molar-refractivity contribution < 1.29 is 22.3 Å². The van der Waals surface area contributed by atoms with Gasteiger partial charge >= 0.3 is 0 Å². The van der Waals surface area contributed by atoms with Gasteiger partial charge in [0.1, 0.15) is 25.0 Å². The third kappa shape index (κ3) is 11.2. The monoisotopic (exact) mass is 512 g/mol. The van der Waals surface area contributed by atoms with E-state index in [0.717, 1.165) is 38.0 Å². The normalized spacial score (nSPS) is 12.2. The number of rotatable bonds is 10. The van der Waals surface area contributed by atoms with E-state index in [9.17, 15) is 0 Å². The van der Waals surface area contributed by atoms with Crippen molar-refractivity contribution in [2.75, 3.05) is 12.9 Å². The fourth-order valence-corrected chi connectivity index (χ4v) is 3.68.